The van der Waals surface area contributed by atoms with Crippen LogP contribution in [0.4, 0.5) is 0 Å². The second-order valence-electron chi connectivity index (χ2n) is 6.23. The van der Waals surface area contributed by atoms with E-state index in [4.69, 9.17) is 4.74 Å². The van der Waals surface area contributed by atoms with Crippen molar-refractivity contribution in [1.82, 2.24) is 0 Å². The molecule has 2 fully saturated rings. The largest absolute Gasteiger partial charge is 0.434 e. The zero-order valence-electron chi connectivity index (χ0n) is 12.2. The molecule has 0 aliphatic heterocycles. The van der Waals surface area contributed by atoms with Gasteiger partial charge in [-0.25, -0.2) is 0 Å². The van der Waals surface area contributed by atoms with Gasteiger partial charge in [0.05, 0.1) is 6.26 Å². The average molecular weight is 260 g/mol. The molecular formula is C17H24O2. The van der Waals surface area contributed by atoms with E-state index in [1.165, 1.54) is 38.0 Å². The first kappa shape index (κ1) is 14.1. The molecule has 0 amide bonds. The van der Waals surface area contributed by atoms with Gasteiger partial charge in [-0.1, -0.05) is 31.2 Å². The first-order chi connectivity index (χ1) is 8.93. The predicted octanol–water partition coefficient (Wildman–Crippen LogP) is 4.39. The van der Waals surface area contributed by atoms with Crippen molar-refractivity contribution in [2.24, 2.45) is 17.3 Å². The fourth-order valence-corrected chi connectivity index (χ4v) is 3.61. The highest BCUT2D eigenvalue weighted by Crippen LogP contribution is 2.60. The van der Waals surface area contributed by atoms with Crippen molar-refractivity contribution in [3.63, 3.8) is 0 Å². The summed E-state index contributed by atoms with van der Waals surface area (Å²) in [6.07, 6.45) is 10.8. The van der Waals surface area contributed by atoms with Crippen LogP contribution in [-0.2, 0) is 9.53 Å². The Kier molecular flexibility index (Phi) is 3.98. The molecule has 2 nitrogen and oxygen atoms in total. The highest BCUT2D eigenvalue weighted by molar-refractivity contribution is 5.66. The van der Waals surface area contributed by atoms with Crippen LogP contribution in [0.25, 0.3) is 0 Å². The second-order valence-corrected chi connectivity index (χ2v) is 6.23. The Hall–Kier alpha value is -1.31. The molecule has 0 heterocycles. The van der Waals surface area contributed by atoms with Crippen LogP contribution in [0.15, 0.2) is 36.1 Å². The van der Waals surface area contributed by atoms with Crippen molar-refractivity contribution in [2.75, 3.05) is 0 Å². The molecule has 2 aliphatic rings. The molecule has 0 aromatic rings. The second kappa shape index (κ2) is 5.36. The van der Waals surface area contributed by atoms with Crippen LogP contribution >= 0.6 is 0 Å². The SMILES string of the molecule is C=C1[C@@H]2CC[C@@H](C2)[C@@]1(C)C/C=C/C(C)=COC(C)=O. The number of fused-ring (bicyclic) bond motifs is 2. The van der Waals surface area contributed by atoms with Gasteiger partial charge in [-0.15, -0.1) is 0 Å². The molecule has 0 spiro atoms. The van der Waals surface area contributed by atoms with Crippen molar-refractivity contribution in [3.8, 4) is 0 Å². The van der Waals surface area contributed by atoms with Gasteiger partial charge in [-0.2, -0.15) is 0 Å². The van der Waals surface area contributed by atoms with Gasteiger partial charge in [0.1, 0.15) is 0 Å². The minimum Gasteiger partial charge on any atom is -0.434 e. The Balaban J connectivity index is 1.93. The maximum absolute atomic E-state index is 10.7. The number of esters is 1. The quantitative estimate of drug-likeness (QED) is 0.324. The lowest BCUT2D eigenvalue weighted by molar-refractivity contribution is -0.135. The Morgan fingerprint density at radius 2 is 2.21 bits per heavy atom. The lowest BCUT2D eigenvalue weighted by Crippen LogP contribution is -2.25. The van der Waals surface area contributed by atoms with Crippen molar-refractivity contribution >= 4 is 5.97 Å². The third kappa shape index (κ3) is 2.83. The van der Waals surface area contributed by atoms with Crippen molar-refractivity contribution in [3.05, 3.63) is 36.1 Å². The summed E-state index contributed by atoms with van der Waals surface area (Å²) in [6.45, 7) is 10.0. The Morgan fingerprint density at radius 1 is 1.47 bits per heavy atom. The zero-order chi connectivity index (χ0) is 14.0. The summed E-state index contributed by atoms with van der Waals surface area (Å²) in [7, 11) is 0. The number of ether oxygens (including phenoxy) is 1. The fraction of sp³-hybridized carbons (Fsp3) is 0.588. The molecule has 104 valence electrons. The summed E-state index contributed by atoms with van der Waals surface area (Å²) in [5.41, 5.74) is 2.70. The third-order valence-corrected chi connectivity index (χ3v) is 4.89. The molecular weight excluding hydrogens is 236 g/mol. The van der Waals surface area contributed by atoms with E-state index in [1.807, 2.05) is 13.0 Å². The van der Waals surface area contributed by atoms with Crippen molar-refractivity contribution in [2.45, 2.75) is 46.5 Å². The highest BCUT2D eigenvalue weighted by atomic mass is 16.5. The van der Waals surface area contributed by atoms with Crippen LogP contribution < -0.4 is 0 Å². The van der Waals surface area contributed by atoms with Crippen molar-refractivity contribution < 1.29 is 9.53 Å². The number of hydrogen-bond donors (Lipinski definition) is 0. The molecule has 2 heteroatoms. The Bertz CT molecular complexity index is 444. The van der Waals surface area contributed by atoms with Crippen LogP contribution in [0.2, 0.25) is 0 Å². The molecule has 0 aromatic carbocycles. The number of rotatable bonds is 4. The maximum atomic E-state index is 10.7. The van der Waals surface area contributed by atoms with Gasteiger partial charge in [-0.05, 0) is 55.4 Å². The molecule has 2 rings (SSSR count). The average Bonchev–Trinajstić information content (AvgIpc) is 2.91. The minimum atomic E-state index is -0.277. The van der Waals surface area contributed by atoms with Crippen molar-refractivity contribution in [1.29, 1.82) is 0 Å². The van der Waals surface area contributed by atoms with Gasteiger partial charge in [0.2, 0.25) is 0 Å². The lowest BCUT2D eigenvalue weighted by Gasteiger charge is -2.35. The normalized spacial score (nSPS) is 34.3. The molecule has 2 bridgehead atoms. The Labute approximate surface area is 116 Å². The van der Waals surface area contributed by atoms with E-state index in [0.29, 0.717) is 0 Å². The first-order valence-corrected chi connectivity index (χ1v) is 7.13. The van der Waals surface area contributed by atoms with E-state index in [9.17, 15) is 4.79 Å². The van der Waals surface area contributed by atoms with E-state index in [2.05, 4.69) is 19.6 Å². The van der Waals surface area contributed by atoms with E-state index in [1.54, 1.807) is 0 Å². The van der Waals surface area contributed by atoms with Crippen LogP contribution in [0.1, 0.15) is 46.5 Å². The van der Waals surface area contributed by atoms with Gasteiger partial charge in [0.15, 0.2) is 0 Å². The number of carbonyl (C=O) groups is 1. The molecule has 2 aliphatic carbocycles. The topological polar surface area (TPSA) is 26.3 Å². The molecule has 0 unspecified atom stereocenters. The predicted molar refractivity (Wildman–Crippen MR) is 77.4 cm³/mol. The number of allylic oxidation sites excluding steroid dienone is 4. The highest BCUT2D eigenvalue weighted by Gasteiger charge is 2.49. The van der Waals surface area contributed by atoms with Crippen LogP contribution in [-0.4, -0.2) is 5.97 Å². The minimum absolute atomic E-state index is 0.277. The molecule has 3 atom stereocenters. The van der Waals surface area contributed by atoms with Gasteiger partial charge in [-0.3, -0.25) is 4.79 Å². The number of carbonyl (C=O) groups excluding carboxylic acids is 1. The van der Waals surface area contributed by atoms with E-state index in [0.717, 1.165) is 23.8 Å². The molecule has 19 heavy (non-hydrogen) atoms. The number of hydrogen-bond acceptors (Lipinski definition) is 2. The summed E-state index contributed by atoms with van der Waals surface area (Å²) in [5, 5.41) is 0. The molecule has 0 radical (unpaired) electrons. The maximum Gasteiger partial charge on any atom is 0.307 e. The summed E-state index contributed by atoms with van der Waals surface area (Å²) >= 11 is 0. The first-order valence-electron chi connectivity index (χ1n) is 7.13. The standard InChI is InChI=1S/C17H24O2/c1-12(11-19-14(3)18)6-5-9-17(4)13(2)15-7-8-16(17)10-15/h5-6,11,15-16H,2,7-10H2,1,3-4H3/b6-5+,12-11?/t15-,16+,17+/m1/s1. The third-order valence-electron chi connectivity index (χ3n) is 4.89. The van der Waals surface area contributed by atoms with E-state index < -0.39 is 0 Å². The molecule has 0 N–H and O–H groups in total. The van der Waals surface area contributed by atoms with Gasteiger partial charge >= 0.3 is 5.97 Å². The van der Waals surface area contributed by atoms with Crippen LogP contribution in [0.3, 0.4) is 0 Å². The fourth-order valence-electron chi connectivity index (χ4n) is 3.61. The Morgan fingerprint density at radius 3 is 2.79 bits per heavy atom. The van der Waals surface area contributed by atoms with Gasteiger partial charge < -0.3 is 4.74 Å². The summed E-state index contributed by atoms with van der Waals surface area (Å²) in [5.74, 6) is 1.30. The van der Waals surface area contributed by atoms with E-state index in [-0.39, 0.29) is 11.4 Å². The summed E-state index contributed by atoms with van der Waals surface area (Å²) < 4.78 is 4.85. The monoisotopic (exact) mass is 260 g/mol. The zero-order valence-corrected chi connectivity index (χ0v) is 12.2. The smallest absolute Gasteiger partial charge is 0.307 e. The molecule has 0 aromatic heterocycles. The van der Waals surface area contributed by atoms with Crippen LogP contribution in [0, 0.1) is 17.3 Å². The van der Waals surface area contributed by atoms with Gasteiger partial charge in [0, 0.05) is 6.92 Å². The molecule has 2 saturated carbocycles. The molecule has 0 saturated heterocycles. The van der Waals surface area contributed by atoms with Crippen LogP contribution in [0.5, 0.6) is 0 Å². The summed E-state index contributed by atoms with van der Waals surface area (Å²) in [4.78, 5) is 10.7. The van der Waals surface area contributed by atoms with Gasteiger partial charge in [0.25, 0.3) is 0 Å². The summed E-state index contributed by atoms with van der Waals surface area (Å²) in [6, 6.07) is 0. The van der Waals surface area contributed by atoms with E-state index >= 15 is 0 Å². The lowest BCUT2D eigenvalue weighted by atomic mass is 9.69.